The van der Waals surface area contributed by atoms with Crippen molar-refractivity contribution in [1.82, 2.24) is 14.9 Å². The second kappa shape index (κ2) is 7.01. The van der Waals surface area contributed by atoms with Gasteiger partial charge in [0.1, 0.15) is 18.0 Å². The molecule has 0 amide bonds. The highest BCUT2D eigenvalue weighted by Gasteiger charge is 2.27. The van der Waals surface area contributed by atoms with Crippen molar-refractivity contribution in [2.24, 2.45) is 5.92 Å². The lowest BCUT2D eigenvalue weighted by atomic mass is 10.0. The number of hydrogen-bond donors (Lipinski definition) is 1. The van der Waals surface area contributed by atoms with E-state index in [0.29, 0.717) is 6.04 Å². The van der Waals surface area contributed by atoms with Gasteiger partial charge in [-0.3, -0.25) is 0 Å². The number of hydrogen-bond acceptors (Lipinski definition) is 6. The van der Waals surface area contributed by atoms with Gasteiger partial charge in [-0.15, -0.1) is 0 Å². The third-order valence-corrected chi connectivity index (χ3v) is 5.14. The fraction of sp³-hybridized carbons (Fsp3) is 0.765. The van der Waals surface area contributed by atoms with E-state index in [1.165, 1.54) is 45.3 Å². The Bertz CT molecular complexity index is 507. The Kier molecular flexibility index (Phi) is 4.62. The van der Waals surface area contributed by atoms with Crippen molar-refractivity contribution in [2.75, 3.05) is 56.2 Å². The van der Waals surface area contributed by atoms with Crippen LogP contribution in [0.5, 0.6) is 0 Å². The minimum absolute atomic E-state index is 0.540. The minimum atomic E-state index is 0.540. The summed E-state index contributed by atoms with van der Waals surface area (Å²) in [5.74, 6) is 2.97. The third kappa shape index (κ3) is 4.12. The lowest BCUT2D eigenvalue weighted by Crippen LogP contribution is -2.40. The van der Waals surface area contributed by atoms with E-state index in [-0.39, 0.29) is 0 Å². The monoisotopic (exact) mass is 317 g/mol. The van der Waals surface area contributed by atoms with Crippen LogP contribution in [0.15, 0.2) is 12.4 Å². The first-order chi connectivity index (χ1) is 11.4. The van der Waals surface area contributed by atoms with Crippen LogP contribution in [0.1, 0.15) is 25.7 Å². The quantitative estimate of drug-likeness (QED) is 0.890. The molecule has 6 heteroatoms. The molecule has 1 N–H and O–H groups in total. The third-order valence-electron chi connectivity index (χ3n) is 5.14. The topological polar surface area (TPSA) is 53.5 Å². The van der Waals surface area contributed by atoms with Gasteiger partial charge in [-0.25, -0.2) is 9.97 Å². The maximum Gasteiger partial charge on any atom is 0.134 e. The minimum Gasteiger partial charge on any atom is -0.378 e. The molecule has 1 saturated carbocycles. The molecule has 0 atom stereocenters. The molecule has 2 aliphatic heterocycles. The van der Waals surface area contributed by atoms with E-state index in [4.69, 9.17) is 4.74 Å². The van der Waals surface area contributed by atoms with Gasteiger partial charge in [0.05, 0.1) is 13.2 Å². The maximum atomic E-state index is 5.41. The first-order valence-corrected chi connectivity index (χ1v) is 9.00. The van der Waals surface area contributed by atoms with Gasteiger partial charge in [-0.2, -0.15) is 0 Å². The Labute approximate surface area is 138 Å². The second-order valence-electron chi connectivity index (χ2n) is 7.02. The van der Waals surface area contributed by atoms with Crippen LogP contribution in [0.25, 0.3) is 0 Å². The van der Waals surface area contributed by atoms with Gasteiger partial charge in [0.2, 0.25) is 0 Å². The van der Waals surface area contributed by atoms with Crippen molar-refractivity contribution in [3.8, 4) is 0 Å². The lowest BCUT2D eigenvalue weighted by Gasteiger charge is -2.33. The molecule has 23 heavy (non-hydrogen) atoms. The van der Waals surface area contributed by atoms with Gasteiger partial charge < -0.3 is 19.9 Å². The molecule has 0 unspecified atom stereocenters. The summed E-state index contributed by atoms with van der Waals surface area (Å²) in [6.07, 6.45) is 7.00. The average molecular weight is 317 g/mol. The Morgan fingerprint density at radius 1 is 1.04 bits per heavy atom. The molecule has 1 aliphatic carbocycles. The van der Waals surface area contributed by atoms with E-state index in [1.807, 2.05) is 0 Å². The van der Waals surface area contributed by atoms with Crippen LogP contribution in [0.2, 0.25) is 0 Å². The molecular weight excluding hydrogens is 290 g/mol. The van der Waals surface area contributed by atoms with E-state index in [9.17, 15) is 0 Å². The summed E-state index contributed by atoms with van der Waals surface area (Å²) >= 11 is 0. The number of piperidine rings is 1. The van der Waals surface area contributed by atoms with E-state index in [2.05, 4.69) is 31.2 Å². The largest absolute Gasteiger partial charge is 0.378 e. The molecule has 3 fully saturated rings. The lowest BCUT2D eigenvalue weighted by molar-refractivity contribution is 0.122. The predicted molar refractivity (Wildman–Crippen MR) is 90.9 cm³/mol. The van der Waals surface area contributed by atoms with Crippen LogP contribution in [0, 0.1) is 5.92 Å². The SMILES string of the molecule is c1nc(NC2CCN(CC3CC3)CC2)cc(N2CCOCC2)n1. The highest BCUT2D eigenvalue weighted by molar-refractivity contribution is 5.49. The number of rotatable bonds is 5. The highest BCUT2D eigenvalue weighted by Crippen LogP contribution is 2.30. The van der Waals surface area contributed by atoms with E-state index < -0.39 is 0 Å². The standard InChI is InChI=1S/C17H27N5O/c1-2-14(1)12-21-5-3-15(4-6-21)20-16-11-17(19-13-18-16)22-7-9-23-10-8-22/h11,13-15H,1-10,12H2,(H,18,19,20). The van der Waals surface area contributed by atoms with Crippen LogP contribution in [-0.2, 0) is 4.74 Å². The molecule has 2 saturated heterocycles. The molecule has 4 rings (SSSR count). The average Bonchev–Trinajstić information content (AvgIpc) is 3.42. The van der Waals surface area contributed by atoms with E-state index >= 15 is 0 Å². The van der Waals surface area contributed by atoms with Crippen molar-refractivity contribution >= 4 is 11.6 Å². The van der Waals surface area contributed by atoms with Gasteiger partial charge in [0, 0.05) is 44.8 Å². The summed E-state index contributed by atoms with van der Waals surface area (Å²) in [7, 11) is 0. The molecule has 3 heterocycles. The molecule has 1 aromatic rings. The van der Waals surface area contributed by atoms with E-state index in [1.54, 1.807) is 6.33 Å². The molecule has 1 aromatic heterocycles. The van der Waals surface area contributed by atoms with Crippen LogP contribution < -0.4 is 10.2 Å². The second-order valence-corrected chi connectivity index (χ2v) is 7.02. The van der Waals surface area contributed by atoms with Crippen molar-refractivity contribution in [2.45, 2.75) is 31.7 Å². The zero-order valence-corrected chi connectivity index (χ0v) is 13.8. The predicted octanol–water partition coefficient (Wildman–Crippen LogP) is 1.60. The van der Waals surface area contributed by atoms with Gasteiger partial charge in [-0.05, 0) is 31.6 Å². The highest BCUT2D eigenvalue weighted by atomic mass is 16.5. The van der Waals surface area contributed by atoms with Crippen LogP contribution in [0.4, 0.5) is 11.6 Å². The molecule has 3 aliphatic rings. The summed E-state index contributed by atoms with van der Waals surface area (Å²) in [6.45, 7) is 7.15. The molecular formula is C17H27N5O. The Morgan fingerprint density at radius 3 is 2.57 bits per heavy atom. The van der Waals surface area contributed by atoms with Crippen molar-refractivity contribution < 1.29 is 4.74 Å². The van der Waals surface area contributed by atoms with Crippen molar-refractivity contribution in [1.29, 1.82) is 0 Å². The number of nitrogens with zero attached hydrogens (tertiary/aromatic N) is 4. The number of aromatic nitrogens is 2. The summed E-state index contributed by atoms with van der Waals surface area (Å²) in [5, 5.41) is 3.61. The van der Waals surface area contributed by atoms with Gasteiger partial charge in [0.15, 0.2) is 0 Å². The summed E-state index contributed by atoms with van der Waals surface area (Å²) < 4.78 is 5.41. The fourth-order valence-corrected chi connectivity index (χ4v) is 3.53. The Morgan fingerprint density at radius 2 is 1.83 bits per heavy atom. The molecule has 0 radical (unpaired) electrons. The fourth-order valence-electron chi connectivity index (χ4n) is 3.53. The molecule has 6 nitrogen and oxygen atoms in total. The van der Waals surface area contributed by atoms with Crippen LogP contribution >= 0.6 is 0 Å². The van der Waals surface area contributed by atoms with Crippen molar-refractivity contribution in [3.05, 3.63) is 12.4 Å². The van der Waals surface area contributed by atoms with Crippen molar-refractivity contribution in [3.63, 3.8) is 0 Å². The van der Waals surface area contributed by atoms with Gasteiger partial charge >= 0.3 is 0 Å². The van der Waals surface area contributed by atoms with Gasteiger partial charge in [-0.1, -0.05) is 0 Å². The number of nitrogens with one attached hydrogen (secondary N) is 1. The zero-order chi connectivity index (χ0) is 15.5. The maximum absolute atomic E-state index is 5.41. The Hall–Kier alpha value is -1.40. The normalized spacial score (nSPS) is 23.9. The summed E-state index contributed by atoms with van der Waals surface area (Å²) in [4.78, 5) is 13.7. The zero-order valence-electron chi connectivity index (χ0n) is 13.8. The van der Waals surface area contributed by atoms with Crippen LogP contribution in [0.3, 0.4) is 0 Å². The summed E-state index contributed by atoms with van der Waals surface area (Å²) in [6, 6.07) is 2.62. The number of likely N-dealkylation sites (tertiary alicyclic amines) is 1. The molecule has 126 valence electrons. The Balaban J connectivity index is 1.30. The first kappa shape index (κ1) is 15.1. The van der Waals surface area contributed by atoms with Gasteiger partial charge in [0.25, 0.3) is 0 Å². The summed E-state index contributed by atoms with van der Waals surface area (Å²) in [5.41, 5.74) is 0. The van der Waals surface area contributed by atoms with E-state index in [0.717, 1.165) is 43.9 Å². The number of morpholine rings is 1. The molecule has 0 aromatic carbocycles. The first-order valence-electron chi connectivity index (χ1n) is 9.00. The number of anilines is 2. The molecule has 0 bridgehead atoms. The van der Waals surface area contributed by atoms with Crippen LogP contribution in [-0.4, -0.2) is 66.8 Å². The number of ether oxygens (including phenoxy) is 1. The molecule has 0 spiro atoms. The smallest absolute Gasteiger partial charge is 0.134 e.